The number of halogens is 1. The van der Waals surface area contributed by atoms with Crippen molar-refractivity contribution in [3.05, 3.63) is 100 Å². The van der Waals surface area contributed by atoms with Gasteiger partial charge in [-0.1, -0.05) is 66.7 Å². The summed E-state index contributed by atoms with van der Waals surface area (Å²) in [5, 5.41) is 0. The lowest BCUT2D eigenvalue weighted by Crippen LogP contribution is -2.33. The van der Waals surface area contributed by atoms with Crippen LogP contribution in [0.1, 0.15) is 22.6 Å². The van der Waals surface area contributed by atoms with E-state index in [1.165, 1.54) is 16.7 Å². The van der Waals surface area contributed by atoms with E-state index in [-0.39, 0.29) is 0 Å². The van der Waals surface area contributed by atoms with Gasteiger partial charge >= 0.3 is 0 Å². The van der Waals surface area contributed by atoms with Crippen LogP contribution in [0.25, 0.3) is 0 Å². The summed E-state index contributed by atoms with van der Waals surface area (Å²) in [7, 11) is 1.69. The first-order chi connectivity index (χ1) is 13.7. The summed E-state index contributed by atoms with van der Waals surface area (Å²) in [6.07, 6.45) is 0. The first-order valence-corrected chi connectivity index (χ1v) is 10.3. The minimum atomic E-state index is 0.302. The highest BCUT2D eigenvalue weighted by atomic mass is 79.9. The van der Waals surface area contributed by atoms with Crippen LogP contribution >= 0.6 is 15.9 Å². The molecule has 3 aromatic carbocycles. The van der Waals surface area contributed by atoms with Crippen molar-refractivity contribution in [3.63, 3.8) is 0 Å². The van der Waals surface area contributed by atoms with Gasteiger partial charge < -0.3 is 10.5 Å². The monoisotopic (exact) mass is 438 g/mol. The number of hydrogen-bond donors (Lipinski definition) is 1. The Hall–Kier alpha value is -2.14. The summed E-state index contributed by atoms with van der Waals surface area (Å²) in [4.78, 5) is 2.43. The van der Waals surface area contributed by atoms with Gasteiger partial charge in [-0.3, -0.25) is 4.90 Å². The fraction of sp³-hybridized carbons (Fsp3) is 0.250. The number of benzene rings is 3. The van der Waals surface area contributed by atoms with Gasteiger partial charge in [-0.2, -0.15) is 0 Å². The number of rotatable bonds is 9. The number of ether oxygens (including phenoxy) is 1. The van der Waals surface area contributed by atoms with E-state index < -0.39 is 0 Å². The van der Waals surface area contributed by atoms with E-state index in [0.29, 0.717) is 12.5 Å². The van der Waals surface area contributed by atoms with Crippen LogP contribution in [0.15, 0.2) is 83.3 Å². The van der Waals surface area contributed by atoms with Crippen molar-refractivity contribution < 1.29 is 4.74 Å². The molecular weight excluding hydrogens is 412 g/mol. The summed E-state index contributed by atoms with van der Waals surface area (Å²) in [5.41, 5.74) is 9.83. The normalized spacial score (nSPS) is 11.2. The van der Waals surface area contributed by atoms with E-state index in [9.17, 15) is 0 Å². The summed E-state index contributed by atoms with van der Waals surface area (Å²) >= 11 is 3.59. The molecule has 0 radical (unpaired) electrons. The minimum absolute atomic E-state index is 0.302. The first-order valence-electron chi connectivity index (χ1n) is 9.56. The zero-order valence-corrected chi connectivity index (χ0v) is 17.8. The zero-order chi connectivity index (χ0) is 19.8. The second-order valence-corrected chi connectivity index (χ2v) is 7.72. The Morgan fingerprint density at radius 2 is 1.54 bits per heavy atom. The van der Waals surface area contributed by atoms with Crippen molar-refractivity contribution in [2.75, 3.05) is 26.7 Å². The Kier molecular flexibility index (Phi) is 7.66. The molecule has 0 bridgehead atoms. The number of nitrogens with zero attached hydrogens (tertiary/aromatic N) is 1. The molecule has 0 aliphatic carbocycles. The lowest BCUT2D eigenvalue weighted by Gasteiger charge is -2.28. The van der Waals surface area contributed by atoms with E-state index in [4.69, 9.17) is 10.5 Å². The molecule has 28 heavy (non-hydrogen) atoms. The average molecular weight is 439 g/mol. The van der Waals surface area contributed by atoms with Crippen LogP contribution in [-0.2, 0) is 6.54 Å². The quantitative estimate of drug-likeness (QED) is 0.507. The van der Waals surface area contributed by atoms with Gasteiger partial charge in [-0.05, 0) is 44.8 Å². The van der Waals surface area contributed by atoms with E-state index in [1.54, 1.807) is 7.11 Å². The fourth-order valence-corrected chi connectivity index (χ4v) is 4.10. The Morgan fingerprint density at radius 3 is 2.04 bits per heavy atom. The molecule has 0 heterocycles. The van der Waals surface area contributed by atoms with Gasteiger partial charge in [0.2, 0.25) is 0 Å². The largest absolute Gasteiger partial charge is 0.496 e. The topological polar surface area (TPSA) is 38.5 Å². The predicted octanol–water partition coefficient (Wildman–Crippen LogP) is 5.05. The van der Waals surface area contributed by atoms with Crippen LogP contribution in [0.5, 0.6) is 5.75 Å². The number of nitrogens with two attached hydrogens (primary N) is 1. The number of methoxy groups -OCH3 is 1. The lowest BCUT2D eigenvalue weighted by molar-refractivity contribution is 0.264. The molecule has 0 atom stereocenters. The van der Waals surface area contributed by atoms with E-state index in [1.807, 2.05) is 6.07 Å². The highest BCUT2D eigenvalue weighted by Crippen LogP contribution is 2.28. The molecule has 0 aromatic heterocycles. The molecule has 0 amide bonds. The zero-order valence-electron chi connectivity index (χ0n) is 16.2. The van der Waals surface area contributed by atoms with E-state index in [2.05, 4.69) is 93.6 Å². The van der Waals surface area contributed by atoms with Crippen LogP contribution in [-0.4, -0.2) is 31.6 Å². The van der Waals surface area contributed by atoms with Crippen LogP contribution in [0.2, 0.25) is 0 Å². The van der Waals surface area contributed by atoms with E-state index in [0.717, 1.165) is 29.9 Å². The van der Waals surface area contributed by atoms with Gasteiger partial charge in [-0.15, -0.1) is 0 Å². The maximum atomic E-state index is 5.94. The molecule has 4 heteroatoms. The molecule has 0 aliphatic heterocycles. The standard InChI is InChI=1S/C24H27BrN2O/c1-28-24-13-12-19(16-23(24)25)17-27(15-14-26)18-22(20-8-4-2-5-9-20)21-10-6-3-7-11-21/h2-13,16,22H,14-15,17-18,26H2,1H3. The highest BCUT2D eigenvalue weighted by molar-refractivity contribution is 9.10. The Morgan fingerprint density at radius 1 is 0.929 bits per heavy atom. The van der Waals surface area contributed by atoms with Gasteiger partial charge in [0.15, 0.2) is 0 Å². The maximum absolute atomic E-state index is 5.94. The predicted molar refractivity (Wildman–Crippen MR) is 120 cm³/mol. The molecular formula is C24H27BrN2O. The van der Waals surface area contributed by atoms with Gasteiger partial charge in [0, 0.05) is 32.1 Å². The van der Waals surface area contributed by atoms with E-state index >= 15 is 0 Å². The number of hydrogen-bond acceptors (Lipinski definition) is 3. The summed E-state index contributed by atoms with van der Waals surface area (Å²) in [6.45, 7) is 3.23. The Labute approximate surface area is 176 Å². The van der Waals surface area contributed by atoms with Crippen molar-refractivity contribution in [1.82, 2.24) is 4.90 Å². The highest BCUT2D eigenvalue weighted by Gasteiger charge is 2.18. The molecule has 146 valence electrons. The third kappa shape index (κ3) is 5.44. The van der Waals surface area contributed by atoms with Crippen molar-refractivity contribution in [3.8, 4) is 5.75 Å². The van der Waals surface area contributed by atoms with Gasteiger partial charge in [0.25, 0.3) is 0 Å². The average Bonchev–Trinajstić information content (AvgIpc) is 2.73. The molecule has 0 unspecified atom stereocenters. The molecule has 3 aromatic rings. The third-order valence-corrected chi connectivity index (χ3v) is 5.53. The summed E-state index contributed by atoms with van der Waals surface area (Å²) in [5.74, 6) is 1.15. The molecule has 0 fully saturated rings. The van der Waals surface area contributed by atoms with Crippen LogP contribution in [0.3, 0.4) is 0 Å². The van der Waals surface area contributed by atoms with Crippen molar-refractivity contribution in [1.29, 1.82) is 0 Å². The summed E-state index contributed by atoms with van der Waals surface area (Å²) < 4.78 is 6.33. The maximum Gasteiger partial charge on any atom is 0.133 e. The Bertz CT molecular complexity index is 815. The Balaban J connectivity index is 1.84. The van der Waals surface area contributed by atoms with Crippen LogP contribution < -0.4 is 10.5 Å². The van der Waals surface area contributed by atoms with Crippen molar-refractivity contribution >= 4 is 15.9 Å². The molecule has 0 spiro atoms. The second kappa shape index (κ2) is 10.4. The SMILES string of the molecule is COc1ccc(CN(CCN)CC(c2ccccc2)c2ccccc2)cc1Br. The first kappa shape index (κ1) is 20.6. The fourth-order valence-electron chi connectivity index (χ4n) is 3.52. The molecule has 0 saturated carbocycles. The molecule has 3 rings (SSSR count). The molecule has 0 aliphatic rings. The molecule has 3 nitrogen and oxygen atoms in total. The van der Waals surface area contributed by atoms with Gasteiger partial charge in [0.05, 0.1) is 11.6 Å². The lowest BCUT2D eigenvalue weighted by atomic mass is 9.90. The molecule has 0 saturated heterocycles. The smallest absolute Gasteiger partial charge is 0.133 e. The third-order valence-electron chi connectivity index (χ3n) is 4.91. The van der Waals surface area contributed by atoms with Gasteiger partial charge in [0.1, 0.15) is 5.75 Å². The van der Waals surface area contributed by atoms with Crippen LogP contribution in [0, 0.1) is 0 Å². The summed E-state index contributed by atoms with van der Waals surface area (Å²) in [6, 6.07) is 27.7. The van der Waals surface area contributed by atoms with Crippen LogP contribution in [0.4, 0.5) is 0 Å². The molecule has 2 N–H and O–H groups in total. The van der Waals surface area contributed by atoms with Crippen molar-refractivity contribution in [2.24, 2.45) is 5.73 Å². The van der Waals surface area contributed by atoms with Gasteiger partial charge in [-0.25, -0.2) is 0 Å². The second-order valence-electron chi connectivity index (χ2n) is 6.87. The van der Waals surface area contributed by atoms with Crippen molar-refractivity contribution in [2.45, 2.75) is 12.5 Å². The minimum Gasteiger partial charge on any atom is -0.496 e.